The summed E-state index contributed by atoms with van der Waals surface area (Å²) in [6, 6.07) is 7.14. The van der Waals surface area contributed by atoms with Crippen LogP contribution in [0.15, 0.2) is 24.3 Å². The van der Waals surface area contributed by atoms with Crippen molar-refractivity contribution in [1.82, 2.24) is 0 Å². The first-order valence-electron chi connectivity index (χ1n) is 5.69. The molecule has 0 aliphatic rings. The summed E-state index contributed by atoms with van der Waals surface area (Å²) in [7, 11) is -3.08. The first-order chi connectivity index (χ1) is 7.14. The van der Waals surface area contributed by atoms with Crippen molar-refractivity contribution in [2.45, 2.75) is 39.3 Å². The predicted molar refractivity (Wildman–Crippen MR) is 81.3 cm³/mol. The van der Waals surface area contributed by atoms with Crippen LogP contribution < -0.4 is 38.2 Å². The van der Waals surface area contributed by atoms with Gasteiger partial charge < -0.3 is 38.2 Å². The predicted octanol–water partition coefficient (Wildman–Crippen LogP) is -2.07. The van der Waals surface area contributed by atoms with Crippen LogP contribution in [0.2, 0.25) is 39.3 Å². The van der Waals surface area contributed by atoms with Gasteiger partial charge >= 0.3 is 23.1 Å². The Morgan fingerprint density at radius 1 is 0.842 bits per heavy atom. The molecule has 1 aromatic rings. The van der Waals surface area contributed by atoms with Crippen molar-refractivity contribution in [1.29, 1.82) is 0 Å². The number of halogens is 3. The minimum Gasteiger partial charge on any atom is -1.00 e. The van der Waals surface area contributed by atoms with Gasteiger partial charge in [0.05, 0.1) is 5.69 Å². The molecule has 0 unspecified atom stereocenters. The molecule has 7 heteroatoms. The van der Waals surface area contributed by atoms with E-state index in [9.17, 15) is 4.39 Å². The minimum absolute atomic E-state index is 0. The fourth-order valence-electron chi connectivity index (χ4n) is 2.36. The maximum absolute atomic E-state index is 13.9. The van der Waals surface area contributed by atoms with E-state index in [1.54, 1.807) is 12.1 Å². The summed E-state index contributed by atoms with van der Waals surface area (Å²) < 4.78 is 16.3. The standard InChI is InChI=1S/C12H22FNSi2.2BrH.Mg/c1-15(2,3)14(16(4,5)6)12-10-8-7-9-11(12)13;;;/h7-10H,1-6H3;2*1H;/q;;;+2/p-2. The Hall–Kier alpha value is 1.11. The van der Waals surface area contributed by atoms with Crippen LogP contribution in [0.5, 0.6) is 0 Å². The van der Waals surface area contributed by atoms with Crippen LogP contribution in [0.1, 0.15) is 0 Å². The molecule has 1 rings (SSSR count). The number of hydrogen-bond donors (Lipinski definition) is 0. The zero-order valence-corrected chi connectivity index (χ0v) is 19.2. The van der Waals surface area contributed by atoms with Crippen molar-refractivity contribution < 1.29 is 38.4 Å². The molecule has 0 saturated heterocycles. The number of rotatable bonds is 3. The van der Waals surface area contributed by atoms with Crippen LogP contribution in [-0.2, 0) is 0 Å². The van der Waals surface area contributed by atoms with Gasteiger partial charge in [-0.05, 0) is 12.1 Å². The maximum atomic E-state index is 13.9. The van der Waals surface area contributed by atoms with Gasteiger partial charge in [0.25, 0.3) is 0 Å². The number of para-hydroxylation sites is 1. The SMILES string of the molecule is C[Si](C)(C)N(c1ccccc1F)[Si](C)(C)C.[Br-].[Br-].[Mg+2]. The Morgan fingerprint density at radius 2 is 1.21 bits per heavy atom. The van der Waals surface area contributed by atoms with Crippen molar-refractivity contribution in [2.24, 2.45) is 0 Å². The van der Waals surface area contributed by atoms with Crippen molar-refractivity contribution >= 4 is 45.2 Å². The topological polar surface area (TPSA) is 3.24 Å². The zero-order chi connectivity index (χ0) is 12.6. The smallest absolute Gasteiger partial charge is 1.00 e. The van der Waals surface area contributed by atoms with E-state index in [2.05, 4.69) is 43.5 Å². The fourth-order valence-corrected chi connectivity index (χ4v) is 12.2. The van der Waals surface area contributed by atoms with Crippen LogP contribution in [0.4, 0.5) is 10.1 Å². The van der Waals surface area contributed by atoms with E-state index < -0.39 is 16.5 Å². The van der Waals surface area contributed by atoms with Gasteiger partial charge in [-0.15, -0.1) is 0 Å². The molecule has 0 bridgehead atoms. The molecule has 0 saturated carbocycles. The largest absolute Gasteiger partial charge is 2.00 e. The van der Waals surface area contributed by atoms with E-state index in [0.29, 0.717) is 0 Å². The minimum atomic E-state index is -1.54. The van der Waals surface area contributed by atoms with E-state index >= 15 is 0 Å². The zero-order valence-electron chi connectivity index (χ0n) is 12.6. The summed E-state index contributed by atoms with van der Waals surface area (Å²) in [6.45, 7) is 13.7. The molecule has 0 atom stereocenters. The molecule has 0 spiro atoms. The van der Waals surface area contributed by atoms with Crippen LogP contribution in [-0.4, -0.2) is 39.5 Å². The summed E-state index contributed by atoms with van der Waals surface area (Å²) in [4.78, 5) is 0. The fraction of sp³-hybridized carbons (Fsp3) is 0.500. The third-order valence-electron chi connectivity index (χ3n) is 2.43. The van der Waals surface area contributed by atoms with Crippen LogP contribution in [0.25, 0.3) is 0 Å². The Kier molecular flexibility index (Phi) is 12.1. The second-order valence-electron chi connectivity index (χ2n) is 6.13. The molecule has 19 heavy (non-hydrogen) atoms. The van der Waals surface area contributed by atoms with Crippen molar-refractivity contribution in [2.75, 3.05) is 4.23 Å². The van der Waals surface area contributed by atoms with Gasteiger partial charge in [-0.3, -0.25) is 0 Å². The average molecular weight is 440 g/mol. The summed E-state index contributed by atoms with van der Waals surface area (Å²) in [6.07, 6.45) is 0. The third-order valence-corrected chi connectivity index (χ3v) is 9.63. The van der Waals surface area contributed by atoms with Crippen molar-refractivity contribution in [3.63, 3.8) is 0 Å². The quantitative estimate of drug-likeness (QED) is 0.490. The van der Waals surface area contributed by atoms with Crippen LogP contribution in [0.3, 0.4) is 0 Å². The molecular weight excluding hydrogens is 417 g/mol. The van der Waals surface area contributed by atoms with E-state index in [1.165, 1.54) is 0 Å². The number of nitrogens with zero attached hydrogens (tertiary/aromatic N) is 1. The van der Waals surface area contributed by atoms with Crippen molar-refractivity contribution in [3.05, 3.63) is 30.1 Å². The van der Waals surface area contributed by atoms with Gasteiger partial charge in [0.15, 0.2) is 0 Å². The second kappa shape index (κ2) is 9.19. The molecule has 0 radical (unpaired) electrons. The molecule has 0 aliphatic heterocycles. The van der Waals surface area contributed by atoms with Gasteiger partial charge in [0.2, 0.25) is 0 Å². The molecule has 0 heterocycles. The Balaban J connectivity index is -0.000000853. The van der Waals surface area contributed by atoms with E-state index in [0.717, 1.165) is 5.69 Å². The number of benzene rings is 1. The summed E-state index contributed by atoms with van der Waals surface area (Å²) in [5.41, 5.74) is 0.792. The Labute approximate surface area is 156 Å². The normalized spacial score (nSPS) is 10.7. The number of hydrogen-bond acceptors (Lipinski definition) is 1. The maximum Gasteiger partial charge on any atom is 2.00 e. The Morgan fingerprint density at radius 3 is 1.53 bits per heavy atom. The average Bonchev–Trinajstić information content (AvgIpc) is 2.03. The molecule has 0 aliphatic carbocycles. The molecular formula is C12H22Br2FMgNSi2. The molecule has 0 N–H and O–H groups in total. The van der Waals surface area contributed by atoms with E-state index in [-0.39, 0.29) is 62.8 Å². The van der Waals surface area contributed by atoms with E-state index in [1.807, 2.05) is 12.1 Å². The molecule has 0 fully saturated rings. The molecule has 0 amide bonds. The molecule has 106 valence electrons. The monoisotopic (exact) mass is 437 g/mol. The van der Waals surface area contributed by atoms with Crippen LogP contribution in [0, 0.1) is 5.82 Å². The summed E-state index contributed by atoms with van der Waals surface area (Å²) in [5, 5.41) is 0. The van der Waals surface area contributed by atoms with Crippen LogP contribution >= 0.6 is 0 Å². The molecule has 1 aromatic carbocycles. The first-order valence-corrected chi connectivity index (χ1v) is 12.6. The van der Waals surface area contributed by atoms with Gasteiger partial charge in [0, 0.05) is 0 Å². The Bertz CT molecular complexity index is 367. The summed E-state index contributed by atoms with van der Waals surface area (Å²) >= 11 is 0. The van der Waals surface area contributed by atoms with Gasteiger partial charge in [0.1, 0.15) is 22.3 Å². The van der Waals surface area contributed by atoms with Gasteiger partial charge in [-0.25, -0.2) is 4.39 Å². The summed E-state index contributed by atoms with van der Waals surface area (Å²) in [5.74, 6) is -0.0904. The van der Waals surface area contributed by atoms with Crippen molar-refractivity contribution in [3.8, 4) is 0 Å². The number of anilines is 1. The second-order valence-corrected chi connectivity index (χ2v) is 16.2. The molecule has 1 nitrogen and oxygen atoms in total. The third kappa shape index (κ3) is 7.08. The molecule has 0 aromatic heterocycles. The van der Waals surface area contributed by atoms with Gasteiger partial charge in [-0.1, -0.05) is 51.4 Å². The van der Waals surface area contributed by atoms with Gasteiger partial charge in [-0.2, -0.15) is 0 Å². The van der Waals surface area contributed by atoms with E-state index in [4.69, 9.17) is 0 Å². The first kappa shape index (κ1) is 25.1.